The lowest BCUT2D eigenvalue weighted by Crippen LogP contribution is -2.43. The molecule has 18 heavy (non-hydrogen) atoms. The van der Waals surface area contributed by atoms with Gasteiger partial charge in [-0.15, -0.1) is 0 Å². The van der Waals surface area contributed by atoms with Gasteiger partial charge in [0.15, 0.2) is 11.6 Å². The van der Waals surface area contributed by atoms with Crippen LogP contribution in [0.1, 0.15) is 19.3 Å². The smallest absolute Gasteiger partial charge is 0.240 e. The summed E-state index contributed by atoms with van der Waals surface area (Å²) in [6.45, 7) is 0. The van der Waals surface area contributed by atoms with E-state index in [1.54, 1.807) is 0 Å². The summed E-state index contributed by atoms with van der Waals surface area (Å²) in [5.74, 6) is -2.26. The van der Waals surface area contributed by atoms with Crippen molar-refractivity contribution in [2.45, 2.75) is 36.2 Å². The molecule has 1 aliphatic carbocycles. The molecular formula is C11H14F2N2O2S. The van der Waals surface area contributed by atoms with E-state index < -0.39 is 21.7 Å². The maximum absolute atomic E-state index is 13.0. The predicted octanol–water partition coefficient (Wildman–Crippen LogP) is 1.12. The van der Waals surface area contributed by atoms with Gasteiger partial charge in [0, 0.05) is 12.1 Å². The first-order valence-electron chi connectivity index (χ1n) is 5.63. The van der Waals surface area contributed by atoms with Crippen molar-refractivity contribution >= 4 is 10.0 Å². The molecule has 2 atom stereocenters. The Kier molecular flexibility index (Phi) is 3.65. The molecule has 0 aliphatic heterocycles. The van der Waals surface area contributed by atoms with Gasteiger partial charge in [-0.05, 0) is 31.0 Å². The zero-order chi connectivity index (χ0) is 13.3. The van der Waals surface area contributed by atoms with Crippen molar-refractivity contribution in [3.63, 3.8) is 0 Å². The van der Waals surface area contributed by atoms with Crippen molar-refractivity contribution in [2.24, 2.45) is 5.73 Å². The number of hydrogen-bond donors (Lipinski definition) is 2. The average Bonchev–Trinajstić information content (AvgIpc) is 2.67. The number of nitrogens with two attached hydrogens (primary N) is 1. The van der Waals surface area contributed by atoms with Crippen molar-refractivity contribution in [1.29, 1.82) is 0 Å². The van der Waals surface area contributed by atoms with Crippen LogP contribution in [0.4, 0.5) is 8.78 Å². The Bertz CT molecular complexity index is 548. The van der Waals surface area contributed by atoms with Crippen molar-refractivity contribution < 1.29 is 17.2 Å². The lowest BCUT2D eigenvalue weighted by Gasteiger charge is -2.17. The fraction of sp³-hybridized carbons (Fsp3) is 0.455. The molecule has 1 aliphatic rings. The largest absolute Gasteiger partial charge is 0.326 e. The molecule has 7 heteroatoms. The van der Waals surface area contributed by atoms with Crippen molar-refractivity contribution in [1.82, 2.24) is 4.72 Å². The number of benzene rings is 1. The summed E-state index contributed by atoms with van der Waals surface area (Å²) >= 11 is 0. The van der Waals surface area contributed by atoms with Crippen LogP contribution in [0.3, 0.4) is 0 Å². The van der Waals surface area contributed by atoms with Crippen LogP contribution in [0.2, 0.25) is 0 Å². The van der Waals surface area contributed by atoms with Gasteiger partial charge in [-0.3, -0.25) is 0 Å². The fourth-order valence-electron chi connectivity index (χ4n) is 2.05. The monoisotopic (exact) mass is 276 g/mol. The summed E-state index contributed by atoms with van der Waals surface area (Å²) in [7, 11) is -3.85. The van der Waals surface area contributed by atoms with E-state index in [0.29, 0.717) is 12.5 Å². The van der Waals surface area contributed by atoms with Gasteiger partial charge in [-0.1, -0.05) is 6.42 Å². The van der Waals surface area contributed by atoms with E-state index in [4.69, 9.17) is 5.73 Å². The minimum absolute atomic E-state index is 0.231. The highest BCUT2D eigenvalue weighted by Crippen LogP contribution is 2.20. The van der Waals surface area contributed by atoms with Crippen molar-refractivity contribution in [3.05, 3.63) is 29.8 Å². The Balaban J connectivity index is 2.22. The second-order valence-electron chi connectivity index (χ2n) is 4.40. The lowest BCUT2D eigenvalue weighted by molar-refractivity contribution is 0.501. The van der Waals surface area contributed by atoms with Gasteiger partial charge >= 0.3 is 0 Å². The molecule has 0 heterocycles. The second kappa shape index (κ2) is 4.91. The molecule has 1 saturated carbocycles. The summed E-state index contributed by atoms with van der Waals surface area (Å²) in [6.07, 6.45) is 2.27. The highest BCUT2D eigenvalue weighted by atomic mass is 32.2. The van der Waals surface area contributed by atoms with E-state index in [1.165, 1.54) is 0 Å². The first-order chi connectivity index (χ1) is 8.40. The fourth-order valence-corrected chi connectivity index (χ4v) is 3.38. The van der Waals surface area contributed by atoms with Gasteiger partial charge in [-0.2, -0.15) is 0 Å². The van der Waals surface area contributed by atoms with Crippen LogP contribution in [0.5, 0.6) is 0 Å². The Morgan fingerprint density at radius 2 is 1.94 bits per heavy atom. The van der Waals surface area contributed by atoms with Gasteiger partial charge in [0.05, 0.1) is 4.90 Å². The summed E-state index contributed by atoms with van der Waals surface area (Å²) in [5, 5.41) is 0. The van der Waals surface area contributed by atoms with Crippen LogP contribution < -0.4 is 10.5 Å². The van der Waals surface area contributed by atoms with Gasteiger partial charge in [0.25, 0.3) is 0 Å². The minimum atomic E-state index is -3.85. The maximum atomic E-state index is 13.0. The normalized spacial score (nSPS) is 24.4. The summed E-state index contributed by atoms with van der Waals surface area (Å²) in [5.41, 5.74) is 5.76. The van der Waals surface area contributed by atoms with E-state index in [0.717, 1.165) is 25.0 Å². The van der Waals surface area contributed by atoms with Gasteiger partial charge in [-0.25, -0.2) is 21.9 Å². The number of halogens is 2. The second-order valence-corrected chi connectivity index (χ2v) is 6.11. The molecule has 0 saturated heterocycles. The molecule has 0 radical (unpaired) electrons. The Hall–Kier alpha value is -1.05. The molecule has 1 fully saturated rings. The highest BCUT2D eigenvalue weighted by molar-refractivity contribution is 7.89. The maximum Gasteiger partial charge on any atom is 0.240 e. The quantitative estimate of drug-likeness (QED) is 0.869. The molecular weight excluding hydrogens is 262 g/mol. The lowest BCUT2D eigenvalue weighted by atomic mass is 10.2. The molecule has 0 aromatic heterocycles. The Labute approximate surface area is 104 Å². The minimum Gasteiger partial charge on any atom is -0.326 e. The average molecular weight is 276 g/mol. The third-order valence-electron chi connectivity index (χ3n) is 3.08. The first-order valence-corrected chi connectivity index (χ1v) is 7.11. The van der Waals surface area contributed by atoms with E-state index in [9.17, 15) is 17.2 Å². The SMILES string of the molecule is NC1CCCC1NS(=O)(=O)c1ccc(F)c(F)c1. The Morgan fingerprint density at radius 1 is 1.22 bits per heavy atom. The van der Waals surface area contributed by atoms with E-state index >= 15 is 0 Å². The molecule has 0 amide bonds. The topological polar surface area (TPSA) is 72.2 Å². The third-order valence-corrected chi connectivity index (χ3v) is 4.56. The standard InChI is InChI=1S/C11H14F2N2O2S/c12-8-5-4-7(6-9(8)13)18(16,17)15-11-3-1-2-10(11)14/h4-6,10-11,15H,1-3,14H2. The number of hydrogen-bond acceptors (Lipinski definition) is 3. The van der Waals surface area contributed by atoms with E-state index in [2.05, 4.69) is 4.72 Å². The van der Waals surface area contributed by atoms with Crippen molar-refractivity contribution in [3.8, 4) is 0 Å². The van der Waals surface area contributed by atoms with Crippen LogP contribution in [0.25, 0.3) is 0 Å². The van der Waals surface area contributed by atoms with Crippen LogP contribution in [0, 0.1) is 11.6 Å². The van der Waals surface area contributed by atoms with Crippen LogP contribution in [-0.2, 0) is 10.0 Å². The highest BCUT2D eigenvalue weighted by Gasteiger charge is 2.29. The first kappa shape index (κ1) is 13.4. The summed E-state index contributed by atoms with van der Waals surface area (Å²) in [4.78, 5) is -0.291. The molecule has 3 N–H and O–H groups in total. The van der Waals surface area contributed by atoms with Crippen LogP contribution >= 0.6 is 0 Å². The number of nitrogens with one attached hydrogen (secondary N) is 1. The molecule has 4 nitrogen and oxygen atoms in total. The third kappa shape index (κ3) is 2.68. The number of rotatable bonds is 3. The predicted molar refractivity (Wildman–Crippen MR) is 62.3 cm³/mol. The molecule has 100 valence electrons. The van der Waals surface area contributed by atoms with E-state index in [-0.39, 0.29) is 17.0 Å². The van der Waals surface area contributed by atoms with Gasteiger partial charge < -0.3 is 5.73 Å². The molecule has 0 bridgehead atoms. The van der Waals surface area contributed by atoms with Crippen molar-refractivity contribution in [2.75, 3.05) is 0 Å². The summed E-state index contributed by atoms with van der Waals surface area (Å²) < 4.78 is 52.1. The van der Waals surface area contributed by atoms with Crippen LogP contribution in [0.15, 0.2) is 23.1 Å². The van der Waals surface area contributed by atoms with Crippen LogP contribution in [-0.4, -0.2) is 20.5 Å². The van der Waals surface area contributed by atoms with Gasteiger partial charge in [0.2, 0.25) is 10.0 Å². The molecule has 1 aromatic carbocycles. The number of sulfonamides is 1. The summed E-state index contributed by atoms with van der Waals surface area (Å²) in [6, 6.07) is 1.91. The molecule has 0 spiro atoms. The Morgan fingerprint density at radius 3 is 2.50 bits per heavy atom. The van der Waals surface area contributed by atoms with E-state index in [1.807, 2.05) is 0 Å². The molecule has 2 unspecified atom stereocenters. The van der Waals surface area contributed by atoms with Gasteiger partial charge in [0.1, 0.15) is 0 Å². The molecule has 1 aromatic rings. The molecule has 2 rings (SSSR count). The zero-order valence-corrected chi connectivity index (χ0v) is 10.4. The zero-order valence-electron chi connectivity index (χ0n) is 9.57.